The Morgan fingerprint density at radius 1 is 1.54 bits per heavy atom. The van der Waals surface area contributed by atoms with Crippen LogP contribution in [0.25, 0.3) is 0 Å². The van der Waals surface area contributed by atoms with Gasteiger partial charge in [0.05, 0.1) is 19.1 Å². The van der Waals surface area contributed by atoms with Crippen LogP contribution in [-0.2, 0) is 9.53 Å². The number of methoxy groups -OCH3 is 1. The molecule has 0 rings (SSSR count). The lowest BCUT2D eigenvalue weighted by molar-refractivity contribution is -0.177. The highest BCUT2D eigenvalue weighted by Gasteiger charge is 2.45. The Balaban J connectivity index is 4.41. The fourth-order valence-corrected chi connectivity index (χ4v) is 0.825. The molecule has 0 saturated carbocycles. The van der Waals surface area contributed by atoms with Crippen molar-refractivity contribution in [2.24, 2.45) is 0 Å². The second kappa shape index (κ2) is 4.00. The lowest BCUT2D eigenvalue weighted by Crippen LogP contribution is -2.39. The van der Waals surface area contributed by atoms with Crippen LogP contribution in [0.4, 0.5) is 8.78 Å². The number of hydrogen-bond acceptors (Lipinski definition) is 3. The third kappa shape index (κ3) is 3.67. The van der Waals surface area contributed by atoms with Crippen molar-refractivity contribution in [2.45, 2.75) is 38.2 Å². The molecule has 1 unspecified atom stereocenters. The first-order valence-corrected chi connectivity index (χ1v) is 3.94. The van der Waals surface area contributed by atoms with E-state index in [1.807, 2.05) is 0 Å². The van der Waals surface area contributed by atoms with Crippen molar-refractivity contribution in [1.82, 2.24) is 0 Å². The highest BCUT2D eigenvalue weighted by molar-refractivity contribution is 5.77. The Morgan fingerprint density at radius 3 is 2.31 bits per heavy atom. The maximum Gasteiger partial charge on any atom is 0.376 e. The van der Waals surface area contributed by atoms with E-state index in [0.29, 0.717) is 0 Å². The molecule has 0 aliphatic heterocycles. The van der Waals surface area contributed by atoms with E-state index >= 15 is 0 Å². The number of hydrogen-bond donors (Lipinski definition) is 1. The zero-order chi connectivity index (χ0) is 10.7. The summed E-state index contributed by atoms with van der Waals surface area (Å²) in [6, 6.07) is 0. The van der Waals surface area contributed by atoms with Crippen LogP contribution >= 0.6 is 0 Å². The van der Waals surface area contributed by atoms with Crippen molar-refractivity contribution in [3.8, 4) is 0 Å². The predicted molar refractivity (Wildman–Crippen MR) is 42.5 cm³/mol. The molecule has 0 fully saturated rings. The first-order valence-electron chi connectivity index (χ1n) is 3.94. The monoisotopic (exact) mass is 196 g/mol. The predicted octanol–water partition coefficient (Wildman–Crippen LogP) is 1.35. The third-order valence-corrected chi connectivity index (χ3v) is 1.85. The molecule has 1 N–H and O–H groups in total. The van der Waals surface area contributed by atoms with Gasteiger partial charge in [0.15, 0.2) is 0 Å². The van der Waals surface area contributed by atoms with Crippen LogP contribution < -0.4 is 0 Å². The molecular weight excluding hydrogens is 182 g/mol. The Morgan fingerprint density at radius 2 is 2.00 bits per heavy atom. The number of ether oxygens (including phenoxy) is 1. The van der Waals surface area contributed by atoms with Gasteiger partial charge in [-0.3, -0.25) is 0 Å². The largest absolute Gasteiger partial charge is 0.465 e. The molecule has 0 heterocycles. The molecule has 0 aromatic heterocycles. The summed E-state index contributed by atoms with van der Waals surface area (Å²) in [7, 11) is 0.886. The van der Waals surface area contributed by atoms with E-state index in [-0.39, 0.29) is 6.42 Å². The van der Waals surface area contributed by atoms with E-state index in [9.17, 15) is 18.7 Å². The van der Waals surface area contributed by atoms with Gasteiger partial charge in [0.1, 0.15) is 0 Å². The molecule has 0 aromatic rings. The normalized spacial score (nSPS) is 16.5. The summed E-state index contributed by atoms with van der Waals surface area (Å²) in [5.74, 6) is -5.23. The van der Waals surface area contributed by atoms with Crippen LogP contribution in [0, 0.1) is 0 Å². The molecule has 78 valence electrons. The Bertz CT molecular complexity index is 190. The van der Waals surface area contributed by atoms with Crippen molar-refractivity contribution in [3.63, 3.8) is 0 Å². The maximum atomic E-state index is 12.9. The minimum Gasteiger partial charge on any atom is -0.465 e. The number of rotatable bonds is 4. The van der Waals surface area contributed by atoms with Crippen LogP contribution in [0.2, 0.25) is 0 Å². The van der Waals surface area contributed by atoms with Crippen molar-refractivity contribution in [1.29, 1.82) is 0 Å². The van der Waals surface area contributed by atoms with Gasteiger partial charge in [-0.05, 0) is 13.3 Å². The SMILES string of the molecule is CCC(C)(O)CC(F)(F)C(=O)OC. The molecule has 3 nitrogen and oxygen atoms in total. The summed E-state index contributed by atoms with van der Waals surface area (Å²) >= 11 is 0. The average molecular weight is 196 g/mol. The van der Waals surface area contributed by atoms with Gasteiger partial charge in [-0.2, -0.15) is 8.78 Å². The topological polar surface area (TPSA) is 46.5 Å². The van der Waals surface area contributed by atoms with Crippen LogP contribution in [0.5, 0.6) is 0 Å². The number of alkyl halides is 2. The van der Waals surface area contributed by atoms with Gasteiger partial charge in [0.25, 0.3) is 0 Å². The van der Waals surface area contributed by atoms with Crippen molar-refractivity contribution >= 4 is 5.97 Å². The third-order valence-electron chi connectivity index (χ3n) is 1.85. The van der Waals surface area contributed by atoms with E-state index < -0.39 is 23.9 Å². The summed E-state index contributed by atoms with van der Waals surface area (Å²) < 4.78 is 29.6. The van der Waals surface area contributed by atoms with E-state index in [4.69, 9.17) is 0 Å². The molecule has 0 bridgehead atoms. The van der Waals surface area contributed by atoms with Crippen LogP contribution in [0.1, 0.15) is 26.7 Å². The molecule has 0 aromatic carbocycles. The molecule has 0 aliphatic carbocycles. The molecule has 1 atom stereocenters. The van der Waals surface area contributed by atoms with Gasteiger partial charge in [0.2, 0.25) is 0 Å². The Hall–Kier alpha value is -0.710. The van der Waals surface area contributed by atoms with Crippen LogP contribution in [-0.4, -0.2) is 29.7 Å². The van der Waals surface area contributed by atoms with Gasteiger partial charge in [-0.15, -0.1) is 0 Å². The summed E-state index contributed by atoms with van der Waals surface area (Å²) in [5.41, 5.74) is -1.54. The smallest absolute Gasteiger partial charge is 0.376 e. The molecular formula is C8H14F2O3. The summed E-state index contributed by atoms with van der Waals surface area (Å²) in [6.45, 7) is 2.82. The molecule has 13 heavy (non-hydrogen) atoms. The minimum absolute atomic E-state index is 0.152. The Kier molecular flexibility index (Phi) is 3.78. The van der Waals surface area contributed by atoms with E-state index in [2.05, 4.69) is 4.74 Å². The van der Waals surface area contributed by atoms with Crippen LogP contribution in [0.15, 0.2) is 0 Å². The molecule has 0 aliphatic rings. The van der Waals surface area contributed by atoms with Crippen molar-refractivity contribution < 1.29 is 23.4 Å². The number of carbonyl (C=O) groups is 1. The highest BCUT2D eigenvalue weighted by atomic mass is 19.3. The zero-order valence-electron chi connectivity index (χ0n) is 7.93. The second-order valence-corrected chi connectivity index (χ2v) is 3.22. The maximum absolute atomic E-state index is 12.9. The van der Waals surface area contributed by atoms with Crippen molar-refractivity contribution in [3.05, 3.63) is 0 Å². The van der Waals surface area contributed by atoms with Gasteiger partial charge in [0, 0.05) is 0 Å². The zero-order valence-corrected chi connectivity index (χ0v) is 7.93. The lowest BCUT2D eigenvalue weighted by Gasteiger charge is -2.25. The number of esters is 1. The van der Waals surface area contributed by atoms with Crippen molar-refractivity contribution in [2.75, 3.05) is 7.11 Å². The van der Waals surface area contributed by atoms with E-state index in [0.717, 1.165) is 7.11 Å². The minimum atomic E-state index is -3.62. The molecule has 5 heteroatoms. The standard InChI is InChI=1S/C8H14F2O3/c1-4-7(2,12)5-8(9,10)6(11)13-3/h12H,4-5H2,1-3H3. The van der Waals surface area contributed by atoms with Gasteiger partial charge in [-0.1, -0.05) is 6.92 Å². The fourth-order valence-electron chi connectivity index (χ4n) is 0.825. The summed E-state index contributed by atoms with van der Waals surface area (Å²) in [5, 5.41) is 9.32. The number of aliphatic hydroxyl groups is 1. The average Bonchev–Trinajstić information content (AvgIpc) is 2.01. The van der Waals surface area contributed by atoms with E-state index in [1.54, 1.807) is 6.92 Å². The molecule has 0 spiro atoms. The Labute approximate surface area is 75.7 Å². The first kappa shape index (κ1) is 12.3. The number of halogens is 2. The van der Waals surface area contributed by atoms with Gasteiger partial charge >= 0.3 is 11.9 Å². The summed E-state index contributed by atoms with van der Waals surface area (Å²) in [6.07, 6.45) is -0.761. The highest BCUT2D eigenvalue weighted by Crippen LogP contribution is 2.29. The van der Waals surface area contributed by atoms with Gasteiger partial charge in [-0.25, -0.2) is 4.79 Å². The summed E-state index contributed by atoms with van der Waals surface area (Å²) in [4.78, 5) is 10.5. The fraction of sp³-hybridized carbons (Fsp3) is 0.875. The second-order valence-electron chi connectivity index (χ2n) is 3.22. The molecule has 0 saturated heterocycles. The molecule has 0 radical (unpaired) electrons. The lowest BCUT2D eigenvalue weighted by atomic mass is 9.95. The van der Waals surface area contributed by atoms with Crippen LogP contribution in [0.3, 0.4) is 0 Å². The van der Waals surface area contributed by atoms with E-state index in [1.165, 1.54) is 6.92 Å². The molecule has 0 amide bonds. The van der Waals surface area contributed by atoms with Gasteiger partial charge < -0.3 is 9.84 Å². The first-order chi connectivity index (χ1) is 5.75. The number of carbonyl (C=O) groups excluding carboxylic acids is 1. The quantitative estimate of drug-likeness (QED) is 0.690.